The van der Waals surface area contributed by atoms with E-state index in [-0.39, 0.29) is 28.7 Å². The zero-order chi connectivity index (χ0) is 24.5. The number of rotatable bonds is 7. The summed E-state index contributed by atoms with van der Waals surface area (Å²) in [5.74, 6) is -0.860. The zero-order valence-corrected chi connectivity index (χ0v) is 19.9. The molecule has 1 saturated heterocycles. The number of carboxylic acids is 1. The van der Waals surface area contributed by atoms with Crippen LogP contribution < -0.4 is 9.21 Å². The summed E-state index contributed by atoms with van der Waals surface area (Å²) in [4.78, 5) is 29.1. The number of anilines is 2. The van der Waals surface area contributed by atoms with Crippen molar-refractivity contribution in [1.29, 1.82) is 0 Å². The van der Waals surface area contributed by atoms with Gasteiger partial charge in [0.05, 0.1) is 22.0 Å². The van der Waals surface area contributed by atoms with Crippen molar-refractivity contribution in [3.8, 4) is 0 Å². The van der Waals surface area contributed by atoms with E-state index in [2.05, 4.69) is 4.98 Å². The van der Waals surface area contributed by atoms with E-state index >= 15 is 0 Å². The highest BCUT2D eigenvalue weighted by atomic mass is 35.5. The number of halogens is 1. The molecule has 1 aromatic heterocycles. The Morgan fingerprint density at radius 2 is 1.82 bits per heavy atom. The Balaban J connectivity index is 1.71. The van der Waals surface area contributed by atoms with Gasteiger partial charge in [-0.1, -0.05) is 23.7 Å². The van der Waals surface area contributed by atoms with Crippen LogP contribution in [0.1, 0.15) is 34.3 Å². The lowest BCUT2D eigenvalue weighted by atomic mass is 10.2. The molecule has 0 spiro atoms. The van der Waals surface area contributed by atoms with Crippen molar-refractivity contribution in [2.75, 3.05) is 15.7 Å². The third kappa shape index (κ3) is 4.76. The second kappa shape index (κ2) is 9.44. The molecular formula is C24H22ClN3O5S. The van der Waals surface area contributed by atoms with Gasteiger partial charge < -0.3 is 10.0 Å². The zero-order valence-electron chi connectivity index (χ0n) is 18.3. The number of aryl methyl sites for hydroxylation is 1. The van der Waals surface area contributed by atoms with Gasteiger partial charge in [0.2, 0.25) is 5.91 Å². The van der Waals surface area contributed by atoms with Gasteiger partial charge in [-0.05, 0) is 66.9 Å². The molecule has 0 radical (unpaired) electrons. The van der Waals surface area contributed by atoms with Gasteiger partial charge in [0.25, 0.3) is 10.0 Å². The maximum Gasteiger partial charge on any atom is 0.335 e. The van der Waals surface area contributed by atoms with Crippen LogP contribution >= 0.6 is 11.6 Å². The lowest BCUT2D eigenvalue weighted by Crippen LogP contribution is -2.32. The number of carbonyl (C=O) groups is 2. The molecule has 0 bridgehead atoms. The lowest BCUT2D eigenvalue weighted by Gasteiger charge is -2.25. The van der Waals surface area contributed by atoms with Crippen LogP contribution in [0.3, 0.4) is 0 Å². The molecule has 0 aliphatic carbocycles. The number of aromatic nitrogens is 1. The average molecular weight is 500 g/mol. The van der Waals surface area contributed by atoms with Gasteiger partial charge in [-0.15, -0.1) is 0 Å². The van der Waals surface area contributed by atoms with E-state index in [1.165, 1.54) is 34.8 Å². The molecular weight excluding hydrogens is 478 g/mol. The van der Waals surface area contributed by atoms with Crippen molar-refractivity contribution in [2.45, 2.75) is 31.2 Å². The molecule has 1 aliphatic rings. The average Bonchev–Trinajstić information content (AvgIpc) is 3.24. The fourth-order valence-corrected chi connectivity index (χ4v) is 5.52. The van der Waals surface area contributed by atoms with Crippen molar-refractivity contribution in [3.05, 3.63) is 82.5 Å². The van der Waals surface area contributed by atoms with Crippen molar-refractivity contribution >= 4 is 45.0 Å². The topological polar surface area (TPSA) is 108 Å². The Labute approximate surface area is 202 Å². The number of carboxylic acid groups (broad SMARTS) is 1. The van der Waals surface area contributed by atoms with Crippen LogP contribution in [0.4, 0.5) is 11.5 Å². The third-order valence-corrected chi connectivity index (χ3v) is 7.55. The van der Waals surface area contributed by atoms with Crippen molar-refractivity contribution in [1.82, 2.24) is 4.98 Å². The van der Waals surface area contributed by atoms with Crippen LogP contribution in [0, 0.1) is 6.92 Å². The van der Waals surface area contributed by atoms with Crippen LogP contribution in [0.5, 0.6) is 0 Å². The predicted octanol–water partition coefficient (Wildman–Crippen LogP) is 4.26. The minimum Gasteiger partial charge on any atom is -0.478 e. The highest BCUT2D eigenvalue weighted by Gasteiger charge is 2.28. The molecule has 2 aromatic carbocycles. The maximum absolute atomic E-state index is 13.6. The van der Waals surface area contributed by atoms with Gasteiger partial charge in [-0.3, -0.25) is 4.79 Å². The molecule has 3 aromatic rings. The summed E-state index contributed by atoms with van der Waals surface area (Å²) in [5.41, 5.74) is 2.01. The smallest absolute Gasteiger partial charge is 0.335 e. The summed E-state index contributed by atoms with van der Waals surface area (Å²) in [6.07, 6.45) is 2.72. The van der Waals surface area contributed by atoms with Crippen LogP contribution in [0.25, 0.3) is 0 Å². The second-order valence-corrected chi connectivity index (χ2v) is 10.2. The van der Waals surface area contributed by atoms with E-state index < -0.39 is 16.0 Å². The van der Waals surface area contributed by atoms with Gasteiger partial charge in [0.15, 0.2) is 0 Å². The molecule has 1 amide bonds. The number of hydrogen-bond acceptors (Lipinski definition) is 5. The summed E-state index contributed by atoms with van der Waals surface area (Å²) in [7, 11) is -4.09. The minimum absolute atomic E-state index is 0.0154. The maximum atomic E-state index is 13.6. The first kappa shape index (κ1) is 23.7. The van der Waals surface area contributed by atoms with Gasteiger partial charge in [-0.2, -0.15) is 0 Å². The molecule has 1 N–H and O–H groups in total. The van der Waals surface area contributed by atoms with Crippen LogP contribution in [-0.4, -0.2) is 36.9 Å². The number of hydrogen-bond donors (Lipinski definition) is 1. The number of amides is 1. The molecule has 1 fully saturated rings. The van der Waals surface area contributed by atoms with Gasteiger partial charge in [0, 0.05) is 24.8 Å². The molecule has 0 unspecified atom stereocenters. The molecule has 176 valence electrons. The fraction of sp³-hybridized carbons (Fsp3) is 0.208. The van der Waals surface area contributed by atoms with Crippen molar-refractivity contribution in [3.63, 3.8) is 0 Å². The highest BCUT2D eigenvalue weighted by Crippen LogP contribution is 2.29. The Morgan fingerprint density at radius 3 is 2.38 bits per heavy atom. The number of nitrogens with zero attached hydrogens (tertiary/aromatic N) is 3. The first-order valence-corrected chi connectivity index (χ1v) is 12.4. The molecule has 10 heteroatoms. The number of carbonyl (C=O) groups excluding carboxylic acids is 1. The summed E-state index contributed by atoms with van der Waals surface area (Å²) in [6.45, 7) is 2.36. The van der Waals surface area contributed by atoms with E-state index in [1.54, 1.807) is 42.2 Å². The Hall–Kier alpha value is -3.43. The van der Waals surface area contributed by atoms with E-state index in [0.717, 1.165) is 12.1 Å². The summed E-state index contributed by atoms with van der Waals surface area (Å²) < 4.78 is 28.4. The SMILES string of the molecule is Cc1cc(Cl)cnc1N(Cc1ccc(N2CCCC2=O)cc1)S(=O)(=O)c1ccc(C(=O)O)cc1. The normalized spacial score (nSPS) is 13.8. The number of pyridine rings is 1. The summed E-state index contributed by atoms with van der Waals surface area (Å²) in [5, 5.41) is 9.51. The summed E-state index contributed by atoms with van der Waals surface area (Å²) in [6, 6.07) is 13.8. The standard InChI is InChI=1S/C24H22ClN3O5S/c1-16-13-19(25)14-26-23(16)28(34(32,33)21-10-6-18(7-11-21)24(30)31)15-17-4-8-20(9-5-17)27-12-2-3-22(27)29/h4-11,13-14H,2-3,12,15H2,1H3,(H,30,31). The van der Waals surface area contributed by atoms with E-state index in [4.69, 9.17) is 16.7 Å². The predicted molar refractivity (Wildman–Crippen MR) is 129 cm³/mol. The van der Waals surface area contributed by atoms with Crippen LogP contribution in [0.15, 0.2) is 65.7 Å². The Kier molecular flexibility index (Phi) is 6.58. The third-order valence-electron chi connectivity index (χ3n) is 5.59. The quantitative estimate of drug-likeness (QED) is 0.520. The Bertz CT molecular complexity index is 1340. The first-order chi connectivity index (χ1) is 16.2. The number of benzene rings is 2. The highest BCUT2D eigenvalue weighted by molar-refractivity contribution is 7.92. The molecule has 4 rings (SSSR count). The molecule has 1 aliphatic heterocycles. The van der Waals surface area contributed by atoms with Crippen molar-refractivity contribution in [2.24, 2.45) is 0 Å². The van der Waals surface area contributed by atoms with Gasteiger partial charge in [-0.25, -0.2) is 22.5 Å². The lowest BCUT2D eigenvalue weighted by molar-refractivity contribution is -0.117. The van der Waals surface area contributed by atoms with Gasteiger partial charge >= 0.3 is 5.97 Å². The second-order valence-electron chi connectivity index (χ2n) is 7.95. The molecule has 0 saturated carbocycles. The summed E-state index contributed by atoms with van der Waals surface area (Å²) >= 11 is 6.03. The van der Waals surface area contributed by atoms with Crippen LogP contribution in [0.2, 0.25) is 5.02 Å². The van der Waals surface area contributed by atoms with Gasteiger partial charge in [0.1, 0.15) is 5.82 Å². The van der Waals surface area contributed by atoms with E-state index in [9.17, 15) is 18.0 Å². The molecule has 2 heterocycles. The van der Waals surface area contributed by atoms with E-state index in [0.29, 0.717) is 29.1 Å². The monoisotopic (exact) mass is 499 g/mol. The van der Waals surface area contributed by atoms with Crippen molar-refractivity contribution < 1.29 is 23.1 Å². The molecule has 8 nitrogen and oxygen atoms in total. The first-order valence-electron chi connectivity index (χ1n) is 10.5. The number of aromatic carboxylic acids is 1. The molecule has 0 atom stereocenters. The fourth-order valence-electron chi connectivity index (χ4n) is 3.83. The molecule has 34 heavy (non-hydrogen) atoms. The largest absolute Gasteiger partial charge is 0.478 e. The number of sulfonamides is 1. The Morgan fingerprint density at radius 1 is 1.15 bits per heavy atom. The van der Waals surface area contributed by atoms with Crippen LogP contribution in [-0.2, 0) is 21.4 Å². The van der Waals surface area contributed by atoms with E-state index in [1.807, 2.05) is 0 Å². The minimum atomic E-state index is -4.09.